The Morgan fingerprint density at radius 3 is 2.54 bits per heavy atom. The number of unbranched alkanes of at least 4 members (excludes halogenated alkanes) is 3. The standard InChI is InChI=1S/C20H23NO3/c1-2-3-4-7-14-24-20(23)16-10-12-18(13-11-16)21-15-17-8-5-6-9-19(17)22/h5-6,8-13,15,22H,2-4,7,14H2,1H3. The van der Waals surface area contributed by atoms with Crippen LogP contribution in [0.25, 0.3) is 0 Å². The lowest BCUT2D eigenvalue weighted by Crippen LogP contribution is -2.06. The molecule has 0 unspecified atom stereocenters. The number of hydrogen-bond acceptors (Lipinski definition) is 4. The Hall–Kier alpha value is -2.62. The summed E-state index contributed by atoms with van der Waals surface area (Å²) >= 11 is 0. The van der Waals surface area contributed by atoms with Crippen LogP contribution in [0, 0.1) is 0 Å². The molecule has 0 amide bonds. The van der Waals surface area contributed by atoms with Gasteiger partial charge in [-0.05, 0) is 42.8 Å². The van der Waals surface area contributed by atoms with Crippen molar-refractivity contribution in [2.24, 2.45) is 4.99 Å². The molecule has 0 radical (unpaired) electrons. The highest BCUT2D eigenvalue weighted by molar-refractivity contribution is 5.90. The zero-order chi connectivity index (χ0) is 17.2. The predicted octanol–water partition coefficient (Wildman–Crippen LogP) is 4.88. The lowest BCUT2D eigenvalue weighted by atomic mass is 10.2. The molecule has 0 aliphatic carbocycles. The van der Waals surface area contributed by atoms with Crippen LogP contribution in [-0.4, -0.2) is 23.9 Å². The predicted molar refractivity (Wildman–Crippen MR) is 96.2 cm³/mol. The number of phenolic OH excluding ortho intramolecular Hbond substituents is 1. The fraction of sp³-hybridized carbons (Fsp3) is 0.300. The number of esters is 1. The monoisotopic (exact) mass is 325 g/mol. The van der Waals surface area contributed by atoms with E-state index in [1.165, 1.54) is 6.42 Å². The molecule has 0 atom stereocenters. The first kappa shape index (κ1) is 17.7. The highest BCUT2D eigenvalue weighted by Gasteiger charge is 2.06. The Bertz CT molecular complexity index is 678. The fourth-order valence-corrected chi connectivity index (χ4v) is 2.20. The van der Waals surface area contributed by atoms with Gasteiger partial charge in [0, 0.05) is 11.8 Å². The van der Waals surface area contributed by atoms with Gasteiger partial charge in [-0.25, -0.2) is 4.79 Å². The minimum absolute atomic E-state index is 0.185. The number of phenols is 1. The van der Waals surface area contributed by atoms with Crippen molar-refractivity contribution in [1.29, 1.82) is 0 Å². The van der Waals surface area contributed by atoms with E-state index in [2.05, 4.69) is 11.9 Å². The van der Waals surface area contributed by atoms with Gasteiger partial charge in [-0.15, -0.1) is 0 Å². The normalized spacial score (nSPS) is 10.9. The van der Waals surface area contributed by atoms with Crippen molar-refractivity contribution in [3.63, 3.8) is 0 Å². The van der Waals surface area contributed by atoms with Crippen molar-refractivity contribution in [3.05, 3.63) is 59.7 Å². The smallest absolute Gasteiger partial charge is 0.338 e. The highest BCUT2D eigenvalue weighted by Crippen LogP contribution is 2.17. The Labute approximate surface area is 142 Å². The second-order valence-corrected chi connectivity index (χ2v) is 5.56. The van der Waals surface area contributed by atoms with Crippen LogP contribution in [0.4, 0.5) is 5.69 Å². The molecule has 0 aromatic heterocycles. The summed E-state index contributed by atoms with van der Waals surface area (Å²) in [5.41, 5.74) is 1.87. The Morgan fingerprint density at radius 1 is 1.08 bits per heavy atom. The molecule has 24 heavy (non-hydrogen) atoms. The first-order chi connectivity index (χ1) is 11.7. The van der Waals surface area contributed by atoms with Crippen molar-refractivity contribution in [2.75, 3.05) is 6.61 Å². The molecule has 0 spiro atoms. The van der Waals surface area contributed by atoms with Crippen LogP contribution in [0.5, 0.6) is 5.75 Å². The van der Waals surface area contributed by atoms with E-state index in [1.807, 2.05) is 6.07 Å². The van der Waals surface area contributed by atoms with Gasteiger partial charge in [0.15, 0.2) is 0 Å². The quantitative estimate of drug-likeness (QED) is 0.427. The molecule has 0 saturated heterocycles. The minimum atomic E-state index is -0.303. The largest absolute Gasteiger partial charge is 0.507 e. The Morgan fingerprint density at radius 2 is 1.83 bits per heavy atom. The van der Waals surface area contributed by atoms with E-state index in [0.29, 0.717) is 23.4 Å². The molecular weight excluding hydrogens is 302 g/mol. The number of carbonyl (C=O) groups excluding carboxylic acids is 1. The number of hydrogen-bond donors (Lipinski definition) is 1. The number of carbonyl (C=O) groups is 1. The number of para-hydroxylation sites is 1. The van der Waals surface area contributed by atoms with Crippen LogP contribution in [0.2, 0.25) is 0 Å². The zero-order valence-electron chi connectivity index (χ0n) is 13.9. The van der Waals surface area contributed by atoms with Crippen LogP contribution < -0.4 is 0 Å². The minimum Gasteiger partial charge on any atom is -0.507 e. The van der Waals surface area contributed by atoms with Crippen LogP contribution in [0.15, 0.2) is 53.5 Å². The summed E-state index contributed by atoms with van der Waals surface area (Å²) in [6.07, 6.45) is 5.92. The molecule has 0 fully saturated rings. The summed E-state index contributed by atoms with van der Waals surface area (Å²) in [5, 5.41) is 9.69. The van der Waals surface area contributed by atoms with Crippen molar-refractivity contribution in [1.82, 2.24) is 0 Å². The van der Waals surface area contributed by atoms with Crippen molar-refractivity contribution < 1.29 is 14.6 Å². The maximum Gasteiger partial charge on any atom is 0.338 e. The van der Waals surface area contributed by atoms with Gasteiger partial charge >= 0.3 is 5.97 Å². The third kappa shape index (κ3) is 5.54. The molecule has 0 aliphatic heterocycles. The summed E-state index contributed by atoms with van der Waals surface area (Å²) in [5.74, 6) is -0.118. The van der Waals surface area contributed by atoms with Crippen LogP contribution in [0.3, 0.4) is 0 Å². The number of aromatic hydroxyl groups is 1. The number of aliphatic imine (C=N–C) groups is 1. The summed E-state index contributed by atoms with van der Waals surface area (Å²) in [6.45, 7) is 2.61. The van der Waals surface area contributed by atoms with E-state index in [1.54, 1.807) is 48.7 Å². The van der Waals surface area contributed by atoms with Gasteiger partial charge in [-0.2, -0.15) is 0 Å². The summed E-state index contributed by atoms with van der Waals surface area (Å²) in [6, 6.07) is 13.9. The lowest BCUT2D eigenvalue weighted by molar-refractivity contribution is 0.0498. The van der Waals surface area contributed by atoms with Crippen molar-refractivity contribution >= 4 is 17.9 Å². The van der Waals surface area contributed by atoms with Gasteiger partial charge in [-0.1, -0.05) is 38.3 Å². The highest BCUT2D eigenvalue weighted by atomic mass is 16.5. The number of ether oxygens (including phenoxy) is 1. The topological polar surface area (TPSA) is 58.9 Å². The van der Waals surface area contributed by atoms with E-state index in [4.69, 9.17) is 4.74 Å². The van der Waals surface area contributed by atoms with E-state index in [-0.39, 0.29) is 11.7 Å². The molecule has 126 valence electrons. The molecule has 2 rings (SSSR count). The number of nitrogens with zero attached hydrogens (tertiary/aromatic N) is 1. The SMILES string of the molecule is CCCCCCOC(=O)c1ccc(N=Cc2ccccc2O)cc1. The zero-order valence-corrected chi connectivity index (χ0v) is 13.9. The van der Waals surface area contributed by atoms with Gasteiger partial charge < -0.3 is 9.84 Å². The molecule has 2 aromatic rings. The van der Waals surface area contributed by atoms with Crippen molar-refractivity contribution in [3.8, 4) is 5.75 Å². The molecule has 0 aliphatic rings. The lowest BCUT2D eigenvalue weighted by Gasteiger charge is -2.04. The third-order valence-electron chi connectivity index (χ3n) is 3.62. The first-order valence-corrected chi connectivity index (χ1v) is 8.30. The second kappa shape index (κ2) is 9.50. The van der Waals surface area contributed by atoms with Crippen LogP contribution >= 0.6 is 0 Å². The Balaban J connectivity index is 1.88. The number of rotatable bonds is 8. The van der Waals surface area contributed by atoms with E-state index >= 15 is 0 Å². The maximum atomic E-state index is 11.9. The summed E-state index contributed by atoms with van der Waals surface area (Å²) in [7, 11) is 0. The van der Waals surface area contributed by atoms with Gasteiger partial charge in [0.2, 0.25) is 0 Å². The fourth-order valence-electron chi connectivity index (χ4n) is 2.20. The summed E-state index contributed by atoms with van der Waals surface area (Å²) < 4.78 is 5.25. The van der Waals surface area contributed by atoms with E-state index < -0.39 is 0 Å². The van der Waals surface area contributed by atoms with Gasteiger partial charge in [-0.3, -0.25) is 4.99 Å². The van der Waals surface area contributed by atoms with Gasteiger partial charge in [0.1, 0.15) is 5.75 Å². The number of benzene rings is 2. The second-order valence-electron chi connectivity index (χ2n) is 5.56. The van der Waals surface area contributed by atoms with Gasteiger partial charge in [0.25, 0.3) is 0 Å². The van der Waals surface area contributed by atoms with Crippen LogP contribution in [0.1, 0.15) is 48.5 Å². The maximum absolute atomic E-state index is 11.9. The van der Waals surface area contributed by atoms with E-state index in [9.17, 15) is 9.90 Å². The molecule has 4 heteroatoms. The summed E-state index contributed by atoms with van der Waals surface area (Å²) in [4.78, 5) is 16.2. The third-order valence-corrected chi connectivity index (χ3v) is 3.62. The average Bonchev–Trinajstić information content (AvgIpc) is 2.61. The molecule has 0 heterocycles. The molecule has 0 saturated carbocycles. The molecular formula is C20H23NO3. The molecule has 4 nitrogen and oxygen atoms in total. The van der Waals surface area contributed by atoms with Gasteiger partial charge in [0.05, 0.1) is 17.9 Å². The Kier molecular flexibility index (Phi) is 7.02. The van der Waals surface area contributed by atoms with Crippen molar-refractivity contribution in [2.45, 2.75) is 32.6 Å². The average molecular weight is 325 g/mol. The molecule has 0 bridgehead atoms. The van der Waals surface area contributed by atoms with Crippen LogP contribution in [-0.2, 0) is 4.74 Å². The molecule has 1 N–H and O–H groups in total. The first-order valence-electron chi connectivity index (χ1n) is 8.30. The van der Waals surface area contributed by atoms with E-state index in [0.717, 1.165) is 19.3 Å². The molecule has 2 aromatic carbocycles.